The first kappa shape index (κ1) is 21.7. The molecule has 0 N–H and O–H groups in total. The van der Waals surface area contributed by atoms with Gasteiger partial charge in [0.2, 0.25) is 5.91 Å². The average Bonchev–Trinajstić information content (AvgIpc) is 2.84. The van der Waals surface area contributed by atoms with E-state index < -0.39 is 0 Å². The normalized spacial score (nSPS) is 18.4. The molecule has 33 heavy (non-hydrogen) atoms. The third-order valence-corrected chi connectivity index (χ3v) is 7.87. The molecule has 1 saturated heterocycles. The number of aryl methyl sites for hydroxylation is 1. The Morgan fingerprint density at radius 2 is 2.00 bits per heavy atom. The molecule has 3 aromatic carbocycles. The number of hydrogen-bond acceptors (Lipinski definition) is 5. The molecule has 0 bridgehead atoms. The predicted molar refractivity (Wildman–Crippen MR) is 133 cm³/mol. The lowest BCUT2D eigenvalue weighted by Crippen LogP contribution is -2.47. The van der Waals surface area contributed by atoms with Gasteiger partial charge in [0, 0.05) is 28.6 Å². The quantitative estimate of drug-likeness (QED) is 0.463. The van der Waals surface area contributed by atoms with Gasteiger partial charge >= 0.3 is 0 Å². The van der Waals surface area contributed by atoms with E-state index in [0.717, 1.165) is 32.6 Å². The standard InChI is InChI=1S/C26H22ClN3O2S/c1-16-7-9-18(11-22(16)27)29-14-30-24(31)12-20(21(13-28)26(30)33-15-29)25-19-6-4-3-5-17(19)8-10-23(25)32-2/h3-11,20H,12,14-15H2,1-2H3. The highest BCUT2D eigenvalue weighted by Crippen LogP contribution is 2.47. The molecule has 3 aromatic rings. The second kappa shape index (κ2) is 8.66. The number of carbonyl (C=O) groups excluding carboxylic acids is 1. The number of allylic oxidation sites excluding steroid dienone is 1. The van der Waals surface area contributed by atoms with Crippen LogP contribution in [0.5, 0.6) is 5.75 Å². The molecular weight excluding hydrogens is 454 g/mol. The molecule has 1 atom stereocenters. The number of carbonyl (C=O) groups is 1. The molecule has 7 heteroatoms. The van der Waals surface area contributed by atoms with Crippen molar-refractivity contribution in [2.75, 3.05) is 24.6 Å². The summed E-state index contributed by atoms with van der Waals surface area (Å²) in [7, 11) is 1.63. The number of nitrogens with zero attached hydrogens (tertiary/aromatic N) is 3. The van der Waals surface area contributed by atoms with E-state index in [1.165, 1.54) is 11.8 Å². The van der Waals surface area contributed by atoms with E-state index in [9.17, 15) is 10.1 Å². The fraction of sp³-hybridized carbons (Fsp3) is 0.231. The second-order valence-corrected chi connectivity index (χ2v) is 9.54. The first-order valence-corrected chi connectivity index (χ1v) is 12.0. The summed E-state index contributed by atoms with van der Waals surface area (Å²) in [4.78, 5) is 17.2. The highest BCUT2D eigenvalue weighted by Gasteiger charge is 2.40. The zero-order valence-corrected chi connectivity index (χ0v) is 19.9. The highest BCUT2D eigenvalue weighted by atomic mass is 35.5. The van der Waals surface area contributed by atoms with Crippen LogP contribution < -0.4 is 9.64 Å². The molecule has 5 nitrogen and oxygen atoms in total. The zero-order chi connectivity index (χ0) is 23.1. The Labute approximate surface area is 202 Å². The summed E-state index contributed by atoms with van der Waals surface area (Å²) in [5, 5.41) is 13.7. The maximum atomic E-state index is 13.4. The minimum atomic E-state index is -0.345. The van der Waals surface area contributed by atoms with Crippen molar-refractivity contribution in [2.24, 2.45) is 0 Å². The molecule has 1 unspecified atom stereocenters. The van der Waals surface area contributed by atoms with E-state index in [2.05, 4.69) is 11.0 Å². The van der Waals surface area contributed by atoms with Gasteiger partial charge in [0.15, 0.2) is 0 Å². The Bertz CT molecular complexity index is 1350. The third-order valence-electron chi connectivity index (χ3n) is 6.31. The van der Waals surface area contributed by atoms with Crippen LogP contribution in [0, 0.1) is 18.3 Å². The number of anilines is 1. The number of fused-ring (bicyclic) bond motifs is 2. The minimum absolute atomic E-state index is 0.000559. The lowest BCUT2D eigenvalue weighted by molar-refractivity contribution is -0.129. The fourth-order valence-electron chi connectivity index (χ4n) is 4.56. The number of ether oxygens (including phenoxy) is 1. The molecule has 0 aliphatic carbocycles. The van der Waals surface area contributed by atoms with Gasteiger partial charge in [0.1, 0.15) is 5.75 Å². The number of halogens is 1. The van der Waals surface area contributed by atoms with Gasteiger partial charge in [-0.05, 0) is 41.5 Å². The smallest absolute Gasteiger partial charge is 0.229 e. The monoisotopic (exact) mass is 475 g/mol. The number of thioether (sulfide) groups is 1. The molecule has 5 rings (SSSR count). The molecule has 0 aromatic heterocycles. The summed E-state index contributed by atoms with van der Waals surface area (Å²) < 4.78 is 5.68. The molecule has 2 aliphatic heterocycles. The van der Waals surface area contributed by atoms with Crippen molar-refractivity contribution >= 4 is 45.7 Å². The van der Waals surface area contributed by atoms with E-state index in [4.69, 9.17) is 16.3 Å². The SMILES string of the molecule is COc1ccc2ccccc2c1C1CC(=O)N2CN(c3ccc(C)c(Cl)c3)CSC2=C1C#N. The van der Waals surface area contributed by atoms with Crippen molar-refractivity contribution in [3.05, 3.63) is 81.3 Å². The van der Waals surface area contributed by atoms with Gasteiger partial charge in [-0.2, -0.15) is 5.26 Å². The van der Waals surface area contributed by atoms with Gasteiger partial charge < -0.3 is 9.64 Å². The molecule has 1 amide bonds. The van der Waals surface area contributed by atoms with Crippen LogP contribution in [-0.2, 0) is 4.79 Å². The minimum Gasteiger partial charge on any atom is -0.496 e. The molecule has 0 radical (unpaired) electrons. The summed E-state index contributed by atoms with van der Waals surface area (Å²) in [6.45, 7) is 2.36. The summed E-state index contributed by atoms with van der Waals surface area (Å²) in [5.41, 5.74) is 3.50. The van der Waals surface area contributed by atoms with Crippen LogP contribution in [0.25, 0.3) is 10.8 Å². The number of methoxy groups -OCH3 is 1. The van der Waals surface area contributed by atoms with Gasteiger partial charge in [0.25, 0.3) is 0 Å². The van der Waals surface area contributed by atoms with Crippen LogP contribution in [0.15, 0.2) is 65.2 Å². The van der Waals surface area contributed by atoms with Gasteiger partial charge in [-0.1, -0.05) is 59.8 Å². The summed E-state index contributed by atoms with van der Waals surface area (Å²) in [6, 6.07) is 20.3. The molecule has 2 heterocycles. The number of hydrogen-bond donors (Lipinski definition) is 0. The predicted octanol–water partition coefficient (Wildman–Crippen LogP) is 6.03. The van der Waals surface area contributed by atoms with Crippen LogP contribution in [0.1, 0.15) is 23.5 Å². The Kier molecular flexibility index (Phi) is 5.69. The summed E-state index contributed by atoms with van der Waals surface area (Å²) in [5.74, 6) is 0.982. The molecule has 0 spiro atoms. The number of nitriles is 1. The van der Waals surface area contributed by atoms with Gasteiger partial charge in [-0.15, -0.1) is 0 Å². The lowest BCUT2D eigenvalue weighted by Gasteiger charge is -2.42. The van der Waals surface area contributed by atoms with E-state index in [-0.39, 0.29) is 18.2 Å². The van der Waals surface area contributed by atoms with Crippen molar-refractivity contribution in [3.63, 3.8) is 0 Å². The average molecular weight is 476 g/mol. The van der Waals surface area contributed by atoms with Crippen LogP contribution in [-0.4, -0.2) is 30.5 Å². The van der Waals surface area contributed by atoms with Crippen molar-refractivity contribution in [1.29, 1.82) is 5.26 Å². The van der Waals surface area contributed by atoms with Crippen LogP contribution in [0.3, 0.4) is 0 Å². The van der Waals surface area contributed by atoms with Crippen molar-refractivity contribution in [3.8, 4) is 11.8 Å². The largest absolute Gasteiger partial charge is 0.496 e. The Hall–Kier alpha value is -3.14. The van der Waals surface area contributed by atoms with Crippen molar-refractivity contribution < 1.29 is 9.53 Å². The van der Waals surface area contributed by atoms with Gasteiger partial charge in [-0.3, -0.25) is 9.69 Å². The van der Waals surface area contributed by atoms with E-state index in [1.807, 2.05) is 61.5 Å². The van der Waals surface area contributed by atoms with Crippen LogP contribution in [0.4, 0.5) is 5.69 Å². The summed E-state index contributed by atoms with van der Waals surface area (Å²) >= 11 is 7.85. The molecule has 0 saturated carbocycles. The third kappa shape index (κ3) is 3.72. The fourth-order valence-corrected chi connectivity index (χ4v) is 5.91. The zero-order valence-electron chi connectivity index (χ0n) is 18.3. The lowest BCUT2D eigenvalue weighted by atomic mass is 9.83. The van der Waals surface area contributed by atoms with E-state index in [0.29, 0.717) is 28.9 Å². The van der Waals surface area contributed by atoms with Gasteiger partial charge in [-0.25, -0.2) is 0 Å². The molecule has 2 aliphatic rings. The number of amides is 1. The molecule has 166 valence electrons. The maximum Gasteiger partial charge on any atom is 0.229 e. The Balaban J connectivity index is 1.57. The first-order chi connectivity index (χ1) is 16.0. The first-order valence-electron chi connectivity index (χ1n) is 10.7. The van der Waals surface area contributed by atoms with Crippen molar-refractivity contribution in [1.82, 2.24) is 4.90 Å². The molecular formula is C26H22ClN3O2S. The highest BCUT2D eigenvalue weighted by molar-refractivity contribution is 8.03. The number of benzene rings is 3. The van der Waals surface area contributed by atoms with E-state index in [1.54, 1.807) is 12.0 Å². The Morgan fingerprint density at radius 3 is 2.76 bits per heavy atom. The summed E-state index contributed by atoms with van der Waals surface area (Å²) in [6.07, 6.45) is 0.222. The van der Waals surface area contributed by atoms with Crippen LogP contribution in [0.2, 0.25) is 5.02 Å². The number of rotatable bonds is 3. The van der Waals surface area contributed by atoms with Gasteiger partial charge in [0.05, 0.1) is 36.3 Å². The van der Waals surface area contributed by atoms with Crippen molar-refractivity contribution in [2.45, 2.75) is 19.3 Å². The topological polar surface area (TPSA) is 56.6 Å². The maximum absolute atomic E-state index is 13.4. The second-order valence-electron chi connectivity index (χ2n) is 8.20. The Morgan fingerprint density at radius 1 is 1.18 bits per heavy atom. The van der Waals surface area contributed by atoms with Crippen LogP contribution >= 0.6 is 23.4 Å². The molecule has 1 fully saturated rings. The van der Waals surface area contributed by atoms with E-state index >= 15 is 0 Å².